The van der Waals surface area contributed by atoms with Crippen LogP contribution in [0, 0.1) is 11.3 Å². The van der Waals surface area contributed by atoms with Crippen molar-refractivity contribution in [3.63, 3.8) is 0 Å². The van der Waals surface area contributed by atoms with Crippen LogP contribution in [0.4, 0.5) is 0 Å². The molecule has 1 aliphatic heterocycles. The number of nitrogens with one attached hydrogen (secondary N) is 1. The molecule has 30 heavy (non-hydrogen) atoms. The van der Waals surface area contributed by atoms with E-state index in [1.165, 1.54) is 0 Å². The quantitative estimate of drug-likeness (QED) is 0.582. The number of nitrogens with zero attached hydrogens (tertiary/aromatic N) is 1. The van der Waals surface area contributed by atoms with E-state index in [0.717, 1.165) is 0 Å². The van der Waals surface area contributed by atoms with Crippen molar-refractivity contribution in [2.45, 2.75) is 38.8 Å². The van der Waals surface area contributed by atoms with Crippen LogP contribution >= 0.6 is 11.6 Å². The fourth-order valence-electron chi connectivity index (χ4n) is 4.39. The molecule has 2 amide bonds. The van der Waals surface area contributed by atoms with Crippen molar-refractivity contribution in [2.75, 3.05) is 6.54 Å². The Balaban J connectivity index is 1.67. The third-order valence-electron chi connectivity index (χ3n) is 5.85. The van der Waals surface area contributed by atoms with Gasteiger partial charge in [-0.1, -0.05) is 54.1 Å². The smallest absolute Gasteiger partial charge is 0.247 e. The summed E-state index contributed by atoms with van der Waals surface area (Å²) in [6.07, 6.45) is 0.546. The standard InChI is InChI=1S/C24H25ClN2O3/c1-23(2,3)26-21(29)19(15-9-11-18(25)12-10-15)27-14-17-13-24(17,22(27)30)20(28)16-7-5-4-6-8-16/h4-12,17,19H,13-14H2,1-3H3,(H,26,29). The van der Waals surface area contributed by atoms with Crippen molar-refractivity contribution in [2.24, 2.45) is 11.3 Å². The van der Waals surface area contributed by atoms with E-state index in [1.807, 2.05) is 26.8 Å². The van der Waals surface area contributed by atoms with E-state index in [1.54, 1.807) is 53.4 Å². The zero-order valence-electron chi connectivity index (χ0n) is 17.3. The van der Waals surface area contributed by atoms with Gasteiger partial charge in [-0.3, -0.25) is 14.4 Å². The van der Waals surface area contributed by atoms with Gasteiger partial charge in [0.25, 0.3) is 0 Å². The first-order valence-corrected chi connectivity index (χ1v) is 10.5. The van der Waals surface area contributed by atoms with Crippen LogP contribution in [-0.4, -0.2) is 34.6 Å². The molecular formula is C24H25ClN2O3. The highest BCUT2D eigenvalue weighted by atomic mass is 35.5. The molecule has 0 spiro atoms. The molecule has 4 rings (SSSR count). The predicted molar refractivity (Wildman–Crippen MR) is 115 cm³/mol. The van der Waals surface area contributed by atoms with Crippen LogP contribution in [0.2, 0.25) is 5.02 Å². The Morgan fingerprint density at radius 3 is 2.33 bits per heavy atom. The topological polar surface area (TPSA) is 66.5 Å². The van der Waals surface area contributed by atoms with E-state index < -0.39 is 17.0 Å². The van der Waals surface area contributed by atoms with Gasteiger partial charge in [0.05, 0.1) is 0 Å². The average Bonchev–Trinajstić information content (AvgIpc) is 3.35. The second-order valence-corrected chi connectivity index (χ2v) is 9.65. The van der Waals surface area contributed by atoms with E-state index in [9.17, 15) is 14.4 Å². The molecule has 3 unspecified atom stereocenters. The van der Waals surface area contributed by atoms with Crippen molar-refractivity contribution in [3.8, 4) is 0 Å². The van der Waals surface area contributed by atoms with Gasteiger partial charge in [0.1, 0.15) is 11.5 Å². The van der Waals surface area contributed by atoms with Crippen LogP contribution in [0.15, 0.2) is 54.6 Å². The lowest BCUT2D eigenvalue weighted by Crippen LogP contribution is -2.49. The van der Waals surface area contributed by atoms with Gasteiger partial charge >= 0.3 is 0 Å². The Labute approximate surface area is 181 Å². The van der Waals surface area contributed by atoms with Gasteiger partial charge in [-0.05, 0) is 50.8 Å². The first-order valence-electron chi connectivity index (χ1n) is 10.1. The van der Waals surface area contributed by atoms with E-state index in [4.69, 9.17) is 11.6 Å². The third kappa shape index (κ3) is 3.52. The summed E-state index contributed by atoms with van der Waals surface area (Å²) in [7, 11) is 0. The summed E-state index contributed by atoms with van der Waals surface area (Å²) in [5.41, 5.74) is -0.269. The van der Waals surface area contributed by atoms with E-state index in [2.05, 4.69) is 5.32 Å². The normalized spacial score (nSPS) is 23.7. The molecule has 0 bridgehead atoms. The number of rotatable bonds is 5. The van der Waals surface area contributed by atoms with Crippen LogP contribution in [0.25, 0.3) is 0 Å². The van der Waals surface area contributed by atoms with E-state index in [0.29, 0.717) is 29.1 Å². The van der Waals surface area contributed by atoms with E-state index in [-0.39, 0.29) is 23.5 Å². The molecule has 0 radical (unpaired) electrons. The molecule has 0 aromatic heterocycles. The number of likely N-dealkylation sites (tertiary alicyclic amines) is 1. The van der Waals surface area contributed by atoms with Gasteiger partial charge < -0.3 is 10.2 Å². The monoisotopic (exact) mass is 424 g/mol. The Bertz CT molecular complexity index is 997. The molecule has 2 aromatic carbocycles. The highest BCUT2D eigenvalue weighted by Crippen LogP contribution is 2.61. The Morgan fingerprint density at radius 1 is 1.10 bits per heavy atom. The van der Waals surface area contributed by atoms with Crippen LogP contribution in [0.1, 0.15) is 49.2 Å². The number of fused-ring (bicyclic) bond motifs is 1. The van der Waals surface area contributed by atoms with Gasteiger partial charge in [0.15, 0.2) is 5.78 Å². The Morgan fingerprint density at radius 2 is 1.73 bits per heavy atom. The van der Waals surface area contributed by atoms with Crippen LogP contribution in [0.3, 0.4) is 0 Å². The lowest BCUT2D eigenvalue weighted by Gasteiger charge is -2.32. The lowest BCUT2D eigenvalue weighted by molar-refractivity contribution is -0.141. The fraction of sp³-hybridized carbons (Fsp3) is 0.375. The molecule has 2 aromatic rings. The number of amides is 2. The number of Topliss-reactive ketones (excluding diaryl/α,β-unsaturated/α-hetero) is 1. The summed E-state index contributed by atoms with van der Waals surface area (Å²) in [4.78, 5) is 41.5. The molecule has 1 N–H and O–H groups in total. The third-order valence-corrected chi connectivity index (χ3v) is 6.10. The van der Waals surface area contributed by atoms with Crippen LogP contribution < -0.4 is 5.32 Å². The zero-order chi connectivity index (χ0) is 21.7. The number of ketones is 1. The molecule has 1 saturated carbocycles. The predicted octanol–water partition coefficient (Wildman–Crippen LogP) is 4.03. The molecule has 2 aliphatic rings. The van der Waals surface area contributed by atoms with Crippen molar-refractivity contribution in [3.05, 3.63) is 70.7 Å². The first kappa shape index (κ1) is 20.6. The molecule has 6 heteroatoms. The number of carbonyl (C=O) groups is 3. The van der Waals surface area contributed by atoms with Gasteiger partial charge in [-0.2, -0.15) is 0 Å². The van der Waals surface area contributed by atoms with Gasteiger partial charge in [-0.15, -0.1) is 0 Å². The summed E-state index contributed by atoms with van der Waals surface area (Å²) in [6.45, 7) is 6.08. The first-order chi connectivity index (χ1) is 14.1. The molecule has 1 aliphatic carbocycles. The molecule has 1 saturated heterocycles. The number of hydrogen-bond donors (Lipinski definition) is 1. The molecule has 2 fully saturated rings. The Kier molecular flexibility index (Phi) is 4.97. The highest BCUT2D eigenvalue weighted by molar-refractivity contribution is 6.30. The minimum atomic E-state index is -1.03. The summed E-state index contributed by atoms with van der Waals surface area (Å²) < 4.78 is 0. The maximum atomic E-state index is 13.5. The number of piperidine rings is 1. The average molecular weight is 425 g/mol. The van der Waals surface area contributed by atoms with E-state index >= 15 is 0 Å². The number of benzene rings is 2. The fourth-order valence-corrected chi connectivity index (χ4v) is 4.52. The minimum absolute atomic E-state index is 0.0602. The van der Waals surface area contributed by atoms with Crippen molar-refractivity contribution in [1.82, 2.24) is 10.2 Å². The Hall–Kier alpha value is -2.66. The maximum Gasteiger partial charge on any atom is 0.247 e. The second kappa shape index (κ2) is 7.24. The number of carbonyl (C=O) groups excluding carboxylic acids is 3. The number of halogens is 1. The van der Waals surface area contributed by atoms with Gasteiger partial charge in [-0.25, -0.2) is 0 Å². The van der Waals surface area contributed by atoms with Crippen molar-refractivity contribution >= 4 is 29.2 Å². The maximum absolute atomic E-state index is 13.5. The molecule has 5 nitrogen and oxygen atoms in total. The van der Waals surface area contributed by atoms with Gasteiger partial charge in [0.2, 0.25) is 11.8 Å². The summed E-state index contributed by atoms with van der Waals surface area (Å²) in [6, 6.07) is 15.1. The molecule has 3 atom stereocenters. The van der Waals surface area contributed by atoms with Crippen molar-refractivity contribution < 1.29 is 14.4 Å². The largest absolute Gasteiger partial charge is 0.349 e. The highest BCUT2D eigenvalue weighted by Gasteiger charge is 2.72. The molecule has 156 valence electrons. The second-order valence-electron chi connectivity index (χ2n) is 9.22. The summed E-state index contributed by atoms with van der Waals surface area (Å²) >= 11 is 6.03. The minimum Gasteiger partial charge on any atom is -0.349 e. The van der Waals surface area contributed by atoms with Crippen LogP contribution in [0.5, 0.6) is 0 Å². The van der Waals surface area contributed by atoms with Crippen molar-refractivity contribution in [1.29, 1.82) is 0 Å². The number of hydrogen-bond acceptors (Lipinski definition) is 3. The van der Waals surface area contributed by atoms with Crippen LogP contribution in [-0.2, 0) is 9.59 Å². The SMILES string of the molecule is CC(C)(C)NC(=O)C(c1ccc(Cl)cc1)N1CC2CC2(C(=O)c2ccccc2)C1=O. The summed E-state index contributed by atoms with van der Waals surface area (Å²) in [5.74, 6) is -0.728. The zero-order valence-corrected chi connectivity index (χ0v) is 18.1. The molecular weight excluding hydrogens is 400 g/mol. The summed E-state index contributed by atoms with van der Waals surface area (Å²) in [5, 5.41) is 3.54. The van der Waals surface area contributed by atoms with Gasteiger partial charge in [0, 0.05) is 22.7 Å². The lowest BCUT2D eigenvalue weighted by atomic mass is 9.92. The molecule has 1 heterocycles.